The van der Waals surface area contributed by atoms with Gasteiger partial charge >= 0.3 is 0 Å². The van der Waals surface area contributed by atoms with Crippen molar-refractivity contribution >= 4 is 6.29 Å². The van der Waals surface area contributed by atoms with Crippen LogP contribution in [0.4, 0.5) is 0 Å². The Morgan fingerprint density at radius 2 is 1.05 bits per heavy atom. The highest BCUT2D eigenvalue weighted by atomic mass is 16.8. The van der Waals surface area contributed by atoms with E-state index in [2.05, 4.69) is 34.6 Å². The number of carbonyl (C=O) groups excluding carboxylic acids is 1. The van der Waals surface area contributed by atoms with Crippen LogP contribution in [0.1, 0.15) is 113 Å². The van der Waals surface area contributed by atoms with Crippen molar-refractivity contribution in [2.75, 3.05) is 26.4 Å². The average molecular weight is 1110 g/mol. The van der Waals surface area contributed by atoms with Crippen molar-refractivity contribution in [2.24, 2.45) is 50.2 Å². The van der Waals surface area contributed by atoms with E-state index < -0.39 is 177 Å². The molecule has 5 saturated carbocycles. The fourth-order valence-electron chi connectivity index (χ4n) is 17.9. The van der Waals surface area contributed by atoms with Gasteiger partial charge in [-0.3, -0.25) is 0 Å². The second kappa shape index (κ2) is 20.8. The van der Waals surface area contributed by atoms with E-state index in [1.54, 1.807) is 0 Å². The van der Waals surface area contributed by atoms with Crippen LogP contribution in [0.15, 0.2) is 0 Å². The standard InChI is InChI=1S/C54H88O23/c1-23-32(60)36(64)39(67)44(70-23)76-42-38(66)34(62)25(19-56)72-46(42)77-43-41(75-45-40(68)37(65)33(61)24(18-55)71-45)35(63)26(20-57)73-47(43)74-31-10-11-50(5)27(48(31,2)3)8-12-51(6)28(50)9-13-54-29-16-49(4,21-58)14-15-53(29,22-69-54)30(59)17-52(51,54)7/h21,23-47,55-57,59-68H,8-20,22H2,1-7H3/t23-,24+,25+,26+,27+,28+,29-,30+,31+,32-,33+,34+,35-,36+,37-,38-,39+,40+,41-,42+,43+,44-,45-,46-,47-,49-,50+,51+,52-,53+,54+/m0/s1. The average Bonchev–Trinajstić information content (AvgIpc) is 3.76. The zero-order valence-electron chi connectivity index (χ0n) is 45.3. The van der Waals surface area contributed by atoms with Crippen LogP contribution in [0, 0.1) is 50.2 Å². The Hall–Kier alpha value is -1.21. The number of aliphatic hydroxyl groups excluding tert-OH is 13. The second-order valence-corrected chi connectivity index (χ2v) is 26.7. The summed E-state index contributed by atoms with van der Waals surface area (Å²) in [5.74, 6) is 0.276. The predicted molar refractivity (Wildman–Crippen MR) is 261 cm³/mol. The molecule has 2 bridgehead atoms. The lowest BCUT2D eigenvalue weighted by atomic mass is 9.30. The normalized spacial score (nSPS) is 58.3. The van der Waals surface area contributed by atoms with Crippen molar-refractivity contribution in [2.45, 2.75) is 253 Å². The van der Waals surface area contributed by atoms with E-state index in [9.17, 15) is 71.2 Å². The van der Waals surface area contributed by atoms with Gasteiger partial charge in [-0.1, -0.05) is 41.5 Å². The Bertz CT molecular complexity index is 2110. The van der Waals surface area contributed by atoms with Crippen molar-refractivity contribution in [3.05, 3.63) is 0 Å². The van der Waals surface area contributed by atoms with E-state index in [1.165, 1.54) is 6.92 Å². The molecule has 31 atom stereocenters. The molecule has 5 aliphatic heterocycles. The van der Waals surface area contributed by atoms with Gasteiger partial charge in [0.25, 0.3) is 0 Å². The second-order valence-electron chi connectivity index (χ2n) is 26.7. The molecular formula is C54H88O23. The third-order valence-corrected chi connectivity index (χ3v) is 22.7. The summed E-state index contributed by atoms with van der Waals surface area (Å²) in [4.78, 5) is 12.6. The van der Waals surface area contributed by atoms with Gasteiger partial charge in [0.05, 0.1) is 50.3 Å². The zero-order chi connectivity index (χ0) is 55.9. The fourth-order valence-corrected chi connectivity index (χ4v) is 17.9. The topological polar surface area (TPSA) is 363 Å². The van der Waals surface area contributed by atoms with Gasteiger partial charge in [-0.05, 0) is 105 Å². The lowest BCUT2D eigenvalue weighted by molar-refractivity contribution is -0.411. The van der Waals surface area contributed by atoms with Crippen LogP contribution in [0.25, 0.3) is 0 Å². The molecule has 13 N–H and O–H groups in total. The minimum atomic E-state index is -1.98. The first-order valence-electron chi connectivity index (χ1n) is 28.1. The monoisotopic (exact) mass is 1100 g/mol. The van der Waals surface area contributed by atoms with Gasteiger partial charge in [0.1, 0.15) is 97.8 Å². The molecule has 10 rings (SSSR count). The number of hydrogen-bond acceptors (Lipinski definition) is 23. The third kappa shape index (κ3) is 8.83. The summed E-state index contributed by atoms with van der Waals surface area (Å²) in [6.45, 7) is 12.8. The number of carbonyl (C=O) groups is 1. The molecule has 5 aliphatic carbocycles. The molecule has 77 heavy (non-hydrogen) atoms. The Labute approximate surface area is 449 Å². The van der Waals surface area contributed by atoms with Gasteiger partial charge in [0, 0.05) is 16.2 Å². The SMILES string of the molecule is C[C@@H]1O[C@@H](O[C@H]2[C@H](O[C@H]3[C@H](O[C@@H]4CC[C@]5(C)[C@H](CC[C@]6(C)[C@@H]5CC[C@@]57OC[C@@]8(CC[C@](C)(C=O)C[C@@H]85)[C@H](O)C[C@@]67C)C4(C)C)O[C@H](CO)[C@H](O)[C@@H]3O[C@@H]3O[C@H](CO)[C@@H](O)[C@H](O)[C@H]3O)O[C@H](CO)[C@@H](O)[C@@H]2O)[C@H](O)[C@H](O)[C@H]1O. The van der Waals surface area contributed by atoms with E-state index in [0.29, 0.717) is 32.3 Å². The van der Waals surface area contributed by atoms with E-state index in [4.69, 9.17) is 42.6 Å². The van der Waals surface area contributed by atoms with Gasteiger partial charge in [-0.2, -0.15) is 0 Å². The summed E-state index contributed by atoms with van der Waals surface area (Å²) >= 11 is 0. The number of aldehydes is 1. The maximum Gasteiger partial charge on any atom is 0.187 e. The van der Waals surface area contributed by atoms with Crippen LogP contribution >= 0.6 is 0 Å². The van der Waals surface area contributed by atoms with Crippen LogP contribution in [-0.2, 0) is 47.4 Å². The van der Waals surface area contributed by atoms with Crippen LogP contribution in [-0.4, -0.2) is 240 Å². The number of aliphatic hydroxyl groups is 13. The van der Waals surface area contributed by atoms with Gasteiger partial charge in [0.15, 0.2) is 25.2 Å². The molecule has 1 spiro atoms. The van der Waals surface area contributed by atoms with Crippen molar-refractivity contribution in [3.63, 3.8) is 0 Å². The first-order valence-corrected chi connectivity index (χ1v) is 28.1. The summed E-state index contributed by atoms with van der Waals surface area (Å²) in [5, 5.41) is 143. The van der Waals surface area contributed by atoms with Crippen molar-refractivity contribution in [1.82, 2.24) is 0 Å². The van der Waals surface area contributed by atoms with E-state index in [-0.39, 0.29) is 34.0 Å². The maximum atomic E-state index is 12.6. The molecule has 0 unspecified atom stereocenters. The van der Waals surface area contributed by atoms with Crippen molar-refractivity contribution < 1.29 is 114 Å². The first-order chi connectivity index (χ1) is 36.2. The Kier molecular flexibility index (Phi) is 16.0. The van der Waals surface area contributed by atoms with Crippen LogP contribution in [0.2, 0.25) is 0 Å². The highest BCUT2D eigenvalue weighted by Crippen LogP contribution is 2.80. The molecule has 10 aliphatic rings. The quantitative estimate of drug-likeness (QED) is 0.0732. The number of hydrogen-bond donors (Lipinski definition) is 13. The summed E-state index contributed by atoms with van der Waals surface area (Å²) < 4.78 is 57.1. The van der Waals surface area contributed by atoms with E-state index >= 15 is 0 Å². The van der Waals surface area contributed by atoms with Crippen molar-refractivity contribution in [3.8, 4) is 0 Å². The highest BCUT2D eigenvalue weighted by Gasteiger charge is 2.80. The summed E-state index contributed by atoms with van der Waals surface area (Å²) in [5.41, 5.74) is -2.95. The molecule has 5 heterocycles. The summed E-state index contributed by atoms with van der Waals surface area (Å²) in [7, 11) is 0. The summed E-state index contributed by atoms with van der Waals surface area (Å²) in [6, 6.07) is 0. The van der Waals surface area contributed by atoms with Crippen molar-refractivity contribution in [1.29, 1.82) is 0 Å². The molecule has 0 amide bonds. The van der Waals surface area contributed by atoms with Gasteiger partial charge in [-0.15, -0.1) is 0 Å². The van der Waals surface area contributed by atoms with Gasteiger partial charge in [-0.25, -0.2) is 0 Å². The Morgan fingerprint density at radius 1 is 0.506 bits per heavy atom. The van der Waals surface area contributed by atoms with Crippen LogP contribution < -0.4 is 0 Å². The lowest BCUT2D eigenvalue weighted by Crippen LogP contribution is -2.74. The maximum absolute atomic E-state index is 12.6. The molecule has 10 fully saturated rings. The molecular weight excluding hydrogens is 1020 g/mol. The molecule has 0 aromatic carbocycles. The van der Waals surface area contributed by atoms with Crippen LogP contribution in [0.3, 0.4) is 0 Å². The molecule has 23 heteroatoms. The molecule has 0 aromatic rings. The minimum absolute atomic E-state index is 0.0394. The number of ether oxygens (including phenoxy) is 9. The predicted octanol–water partition coefficient (Wildman–Crippen LogP) is -2.14. The minimum Gasteiger partial charge on any atom is -0.394 e. The first kappa shape index (κ1) is 59.0. The Balaban J connectivity index is 0.968. The fraction of sp³-hybridized carbons (Fsp3) is 0.981. The Morgan fingerprint density at radius 3 is 1.69 bits per heavy atom. The largest absolute Gasteiger partial charge is 0.394 e. The van der Waals surface area contributed by atoms with Gasteiger partial charge < -0.3 is 114 Å². The molecule has 442 valence electrons. The van der Waals surface area contributed by atoms with E-state index in [0.717, 1.165) is 44.8 Å². The molecule has 23 nitrogen and oxygen atoms in total. The molecule has 0 radical (unpaired) electrons. The van der Waals surface area contributed by atoms with Gasteiger partial charge in [0.2, 0.25) is 0 Å². The highest BCUT2D eigenvalue weighted by molar-refractivity contribution is 5.59. The van der Waals surface area contributed by atoms with E-state index in [1.807, 2.05) is 6.92 Å². The molecule has 5 saturated heterocycles. The number of rotatable bonds is 12. The van der Waals surface area contributed by atoms with Crippen LogP contribution in [0.5, 0.6) is 0 Å². The molecule has 0 aromatic heterocycles. The summed E-state index contributed by atoms with van der Waals surface area (Å²) in [6.07, 6.45) is -27.5. The smallest absolute Gasteiger partial charge is 0.187 e. The number of fused-ring (bicyclic) bond motifs is 4. The lowest BCUT2D eigenvalue weighted by Gasteiger charge is -2.75. The third-order valence-electron chi connectivity index (χ3n) is 22.7. The zero-order valence-corrected chi connectivity index (χ0v) is 45.3.